The molecule has 1 aromatic carbocycles. The number of ether oxygens (including phenoxy) is 1. The van der Waals surface area contributed by atoms with E-state index in [1.807, 2.05) is 6.92 Å². The Balaban J connectivity index is 2.89. The molecule has 1 aromatic rings. The van der Waals surface area contributed by atoms with Crippen molar-refractivity contribution in [2.75, 3.05) is 13.2 Å². The van der Waals surface area contributed by atoms with Crippen molar-refractivity contribution in [3.63, 3.8) is 0 Å². The fraction of sp³-hybridized carbons (Fsp3) is 0.389. The minimum absolute atomic E-state index is 0.0528. The number of benzene rings is 1. The Kier molecular flexibility index (Phi) is 8.43. The highest BCUT2D eigenvalue weighted by Crippen LogP contribution is 2.17. The first kappa shape index (κ1) is 19.6. The van der Waals surface area contributed by atoms with Gasteiger partial charge in [0.05, 0.1) is 17.8 Å². The molecule has 2 N–H and O–H groups in total. The summed E-state index contributed by atoms with van der Waals surface area (Å²) < 4.78 is 5.30. The number of rotatable bonds is 11. The van der Waals surface area contributed by atoms with Gasteiger partial charge in [-0.3, -0.25) is 4.79 Å². The Morgan fingerprint density at radius 3 is 2.12 bits per heavy atom. The van der Waals surface area contributed by atoms with Crippen LogP contribution in [0, 0.1) is 0 Å². The second-order valence-corrected chi connectivity index (χ2v) is 5.25. The molecule has 130 valence electrons. The third-order valence-electron chi connectivity index (χ3n) is 3.45. The van der Waals surface area contributed by atoms with Gasteiger partial charge in [-0.25, -0.2) is 9.59 Å². The molecule has 6 nitrogen and oxygen atoms in total. The molecular formula is C18H22O6. The number of carbonyl (C=O) groups is 3. The quantitative estimate of drug-likeness (QED) is 0.366. The number of Topliss-reactive ketones (excluding diaryl/α,β-unsaturated/α-hetero) is 1. The largest absolute Gasteiger partial charge is 0.478 e. The minimum atomic E-state index is -1.40. The Morgan fingerprint density at radius 2 is 1.58 bits per heavy atom. The smallest absolute Gasteiger partial charge is 0.332 e. The van der Waals surface area contributed by atoms with Crippen LogP contribution in [0.2, 0.25) is 0 Å². The standard InChI is InChI=1S/C18H22O6/c1-2-3-10-24-11-9-14(17(20)21)15(18(22)23)12-16(19)13-7-5-4-6-8-13/h4-8H,2-3,9-12H2,1H3,(H,20,21)(H,22,23)/b15-14+. The summed E-state index contributed by atoms with van der Waals surface area (Å²) in [7, 11) is 0. The van der Waals surface area contributed by atoms with Gasteiger partial charge in [0.2, 0.25) is 0 Å². The molecule has 24 heavy (non-hydrogen) atoms. The van der Waals surface area contributed by atoms with Crippen molar-refractivity contribution in [3.05, 3.63) is 47.0 Å². The summed E-state index contributed by atoms with van der Waals surface area (Å²) in [5.74, 6) is -3.17. The molecule has 0 aliphatic heterocycles. The third-order valence-corrected chi connectivity index (χ3v) is 3.45. The lowest BCUT2D eigenvalue weighted by Gasteiger charge is -2.09. The summed E-state index contributed by atoms with van der Waals surface area (Å²) in [5, 5.41) is 18.6. The number of hydrogen-bond donors (Lipinski definition) is 2. The topological polar surface area (TPSA) is 101 Å². The van der Waals surface area contributed by atoms with Crippen LogP contribution in [0.4, 0.5) is 0 Å². The highest BCUT2D eigenvalue weighted by molar-refractivity contribution is 6.06. The molecule has 0 heterocycles. The number of ketones is 1. The van der Waals surface area contributed by atoms with Gasteiger partial charge in [0.15, 0.2) is 5.78 Å². The molecule has 0 spiro atoms. The summed E-state index contributed by atoms with van der Waals surface area (Å²) in [4.78, 5) is 35.0. The lowest BCUT2D eigenvalue weighted by Crippen LogP contribution is -2.16. The van der Waals surface area contributed by atoms with Gasteiger partial charge < -0.3 is 14.9 Å². The molecule has 0 aromatic heterocycles. The van der Waals surface area contributed by atoms with E-state index in [1.165, 1.54) is 0 Å². The number of carbonyl (C=O) groups excluding carboxylic acids is 1. The highest BCUT2D eigenvalue weighted by Gasteiger charge is 2.23. The fourth-order valence-corrected chi connectivity index (χ4v) is 2.11. The van der Waals surface area contributed by atoms with Gasteiger partial charge in [0, 0.05) is 25.0 Å². The maximum absolute atomic E-state index is 12.2. The molecule has 0 bridgehead atoms. The normalized spacial score (nSPS) is 11.7. The molecule has 0 radical (unpaired) electrons. The maximum Gasteiger partial charge on any atom is 0.332 e. The van der Waals surface area contributed by atoms with Gasteiger partial charge in [0.1, 0.15) is 0 Å². The van der Waals surface area contributed by atoms with Crippen molar-refractivity contribution < 1.29 is 29.3 Å². The SMILES string of the molecule is CCCCOCC/C(C(=O)O)=C(/CC(=O)c1ccccc1)C(=O)O. The average molecular weight is 334 g/mol. The lowest BCUT2D eigenvalue weighted by molar-refractivity contribution is -0.136. The van der Waals surface area contributed by atoms with E-state index in [0.717, 1.165) is 12.8 Å². The van der Waals surface area contributed by atoms with Crippen LogP contribution in [0.15, 0.2) is 41.5 Å². The van der Waals surface area contributed by atoms with Crippen LogP contribution in [0.25, 0.3) is 0 Å². The van der Waals surface area contributed by atoms with Gasteiger partial charge in [-0.05, 0) is 6.42 Å². The van der Waals surface area contributed by atoms with Crippen LogP contribution in [0.5, 0.6) is 0 Å². The average Bonchev–Trinajstić information content (AvgIpc) is 2.56. The monoisotopic (exact) mass is 334 g/mol. The van der Waals surface area contributed by atoms with Crippen LogP contribution in [0.3, 0.4) is 0 Å². The van der Waals surface area contributed by atoms with Crippen molar-refractivity contribution in [1.29, 1.82) is 0 Å². The van der Waals surface area contributed by atoms with Gasteiger partial charge in [-0.2, -0.15) is 0 Å². The fourth-order valence-electron chi connectivity index (χ4n) is 2.11. The van der Waals surface area contributed by atoms with Gasteiger partial charge in [-0.1, -0.05) is 43.7 Å². The number of unbranched alkanes of at least 4 members (excludes halogenated alkanes) is 1. The van der Waals surface area contributed by atoms with Crippen molar-refractivity contribution in [2.45, 2.75) is 32.6 Å². The third kappa shape index (κ3) is 6.34. The zero-order valence-electron chi connectivity index (χ0n) is 13.7. The second kappa shape index (κ2) is 10.3. The van der Waals surface area contributed by atoms with E-state index < -0.39 is 29.7 Å². The zero-order valence-corrected chi connectivity index (χ0v) is 13.7. The maximum atomic E-state index is 12.2. The second-order valence-electron chi connectivity index (χ2n) is 5.25. The predicted octanol–water partition coefficient (Wildman–Crippen LogP) is 2.93. The van der Waals surface area contributed by atoms with Gasteiger partial charge >= 0.3 is 11.9 Å². The first-order valence-corrected chi connectivity index (χ1v) is 7.82. The molecule has 0 atom stereocenters. The van der Waals surface area contributed by atoms with Crippen LogP contribution < -0.4 is 0 Å². The Morgan fingerprint density at radius 1 is 0.958 bits per heavy atom. The Labute approximate surface area is 140 Å². The number of carboxylic acids is 2. The van der Waals surface area contributed by atoms with Crippen molar-refractivity contribution >= 4 is 17.7 Å². The molecule has 0 saturated heterocycles. The van der Waals surface area contributed by atoms with E-state index in [4.69, 9.17) is 4.74 Å². The van der Waals surface area contributed by atoms with Crippen molar-refractivity contribution in [2.24, 2.45) is 0 Å². The highest BCUT2D eigenvalue weighted by atomic mass is 16.5. The summed E-state index contributed by atoms with van der Waals surface area (Å²) in [5.41, 5.74) is -0.334. The van der Waals surface area contributed by atoms with Gasteiger partial charge in [0.25, 0.3) is 0 Å². The summed E-state index contributed by atoms with van der Waals surface area (Å²) in [6.07, 6.45) is 1.29. The lowest BCUT2D eigenvalue weighted by atomic mass is 9.97. The van der Waals surface area contributed by atoms with E-state index in [0.29, 0.717) is 12.2 Å². The molecule has 0 unspecified atom stereocenters. The van der Waals surface area contributed by atoms with Crippen LogP contribution >= 0.6 is 0 Å². The van der Waals surface area contributed by atoms with E-state index in [1.54, 1.807) is 30.3 Å². The Bertz CT molecular complexity index is 603. The number of hydrogen-bond acceptors (Lipinski definition) is 4. The van der Waals surface area contributed by atoms with E-state index in [2.05, 4.69) is 0 Å². The Hall–Kier alpha value is -2.47. The summed E-state index contributed by atoms with van der Waals surface area (Å²) >= 11 is 0. The zero-order chi connectivity index (χ0) is 17.9. The van der Waals surface area contributed by atoms with Crippen LogP contribution in [-0.2, 0) is 14.3 Å². The molecule has 0 amide bonds. The molecular weight excluding hydrogens is 312 g/mol. The van der Waals surface area contributed by atoms with Gasteiger partial charge in [-0.15, -0.1) is 0 Å². The molecule has 1 rings (SSSR count). The predicted molar refractivity (Wildman–Crippen MR) is 88.0 cm³/mol. The van der Waals surface area contributed by atoms with Crippen LogP contribution in [-0.4, -0.2) is 41.1 Å². The van der Waals surface area contributed by atoms with Crippen molar-refractivity contribution in [1.82, 2.24) is 0 Å². The number of carboxylic acid groups (broad SMARTS) is 2. The molecule has 0 saturated carbocycles. The first-order chi connectivity index (χ1) is 11.5. The van der Waals surface area contributed by atoms with E-state index >= 15 is 0 Å². The minimum Gasteiger partial charge on any atom is -0.478 e. The molecule has 0 aliphatic rings. The molecule has 6 heteroatoms. The molecule has 0 fully saturated rings. The summed E-state index contributed by atoms with van der Waals surface area (Å²) in [6, 6.07) is 8.20. The summed E-state index contributed by atoms with van der Waals surface area (Å²) in [6.45, 7) is 2.61. The number of aliphatic carboxylic acids is 2. The van der Waals surface area contributed by atoms with E-state index in [-0.39, 0.29) is 18.6 Å². The van der Waals surface area contributed by atoms with Crippen molar-refractivity contribution in [3.8, 4) is 0 Å². The van der Waals surface area contributed by atoms with Crippen LogP contribution in [0.1, 0.15) is 43.0 Å². The van der Waals surface area contributed by atoms with E-state index in [9.17, 15) is 24.6 Å². The first-order valence-electron chi connectivity index (χ1n) is 7.82. The molecule has 0 aliphatic carbocycles.